The van der Waals surface area contributed by atoms with Gasteiger partial charge >= 0.3 is 0 Å². The Balaban J connectivity index is 1.84. The van der Waals surface area contributed by atoms with Crippen LogP contribution in [-0.2, 0) is 16.6 Å². The van der Waals surface area contributed by atoms with Crippen LogP contribution < -0.4 is 4.72 Å². The maximum atomic E-state index is 12.5. The van der Waals surface area contributed by atoms with Gasteiger partial charge in [0.2, 0.25) is 10.0 Å². The van der Waals surface area contributed by atoms with E-state index in [0.717, 1.165) is 11.3 Å². The monoisotopic (exact) mass is 328 g/mol. The molecule has 1 N–H and O–H groups in total. The van der Waals surface area contributed by atoms with Gasteiger partial charge in [-0.15, -0.1) is 0 Å². The second-order valence-corrected chi connectivity index (χ2v) is 6.78. The van der Waals surface area contributed by atoms with Crippen LogP contribution in [0.4, 0.5) is 0 Å². The van der Waals surface area contributed by atoms with Crippen LogP contribution in [-0.4, -0.2) is 23.2 Å². The molecular weight excluding hydrogens is 312 g/mol. The highest BCUT2D eigenvalue weighted by Crippen LogP contribution is 2.16. The summed E-state index contributed by atoms with van der Waals surface area (Å²) < 4.78 is 29.1. The third-order valence-electron chi connectivity index (χ3n) is 3.35. The fourth-order valence-corrected chi connectivity index (χ4v) is 3.36. The van der Waals surface area contributed by atoms with Crippen LogP contribution >= 0.6 is 0 Å². The van der Waals surface area contributed by atoms with Crippen LogP contribution in [0.2, 0.25) is 0 Å². The van der Waals surface area contributed by atoms with Gasteiger partial charge in [-0.2, -0.15) is 5.10 Å². The number of rotatable bonds is 5. The topological polar surface area (TPSA) is 76.9 Å². The first-order chi connectivity index (χ1) is 11.1. The zero-order valence-electron chi connectivity index (χ0n) is 12.5. The largest absolute Gasteiger partial charge is 0.264 e. The fourth-order valence-electron chi connectivity index (χ4n) is 2.18. The van der Waals surface area contributed by atoms with Gasteiger partial charge in [0.25, 0.3) is 0 Å². The summed E-state index contributed by atoms with van der Waals surface area (Å²) in [5.41, 5.74) is 2.06. The smallest absolute Gasteiger partial charge is 0.244 e. The first-order valence-electron chi connectivity index (χ1n) is 7.06. The van der Waals surface area contributed by atoms with Crippen molar-refractivity contribution in [2.75, 3.05) is 0 Å². The summed E-state index contributed by atoms with van der Waals surface area (Å²) in [6, 6.07) is 13.0. The molecule has 0 aliphatic heterocycles. The van der Waals surface area contributed by atoms with E-state index >= 15 is 0 Å². The van der Waals surface area contributed by atoms with Crippen LogP contribution in [0.3, 0.4) is 0 Å². The molecule has 23 heavy (non-hydrogen) atoms. The highest BCUT2D eigenvalue weighted by atomic mass is 32.2. The van der Waals surface area contributed by atoms with Gasteiger partial charge in [-0.05, 0) is 30.7 Å². The zero-order chi connectivity index (χ0) is 16.3. The van der Waals surface area contributed by atoms with Crippen molar-refractivity contribution in [2.24, 2.45) is 0 Å². The Morgan fingerprint density at radius 2 is 1.91 bits per heavy atom. The predicted octanol–water partition coefficient (Wildman–Crippen LogP) is 2.05. The number of pyridine rings is 1. The Labute approximate surface area is 134 Å². The molecule has 0 amide bonds. The van der Waals surface area contributed by atoms with Crippen molar-refractivity contribution in [1.29, 1.82) is 0 Å². The van der Waals surface area contributed by atoms with Crippen molar-refractivity contribution < 1.29 is 8.42 Å². The molecule has 0 radical (unpaired) electrons. The van der Waals surface area contributed by atoms with Crippen molar-refractivity contribution >= 4 is 10.0 Å². The number of sulfonamides is 1. The van der Waals surface area contributed by atoms with E-state index in [2.05, 4.69) is 14.8 Å². The molecule has 3 rings (SSSR count). The van der Waals surface area contributed by atoms with Gasteiger partial charge in [0.05, 0.1) is 17.6 Å². The van der Waals surface area contributed by atoms with E-state index in [9.17, 15) is 8.42 Å². The Morgan fingerprint density at radius 3 is 2.61 bits per heavy atom. The molecule has 118 valence electrons. The first-order valence-corrected chi connectivity index (χ1v) is 8.55. The molecule has 0 bridgehead atoms. The van der Waals surface area contributed by atoms with Crippen molar-refractivity contribution in [1.82, 2.24) is 19.5 Å². The summed E-state index contributed by atoms with van der Waals surface area (Å²) in [4.78, 5) is 4.14. The number of aromatic nitrogens is 3. The molecular formula is C16H16N4O2S. The molecule has 0 spiro atoms. The second kappa shape index (κ2) is 6.31. The normalized spacial score (nSPS) is 11.5. The Kier molecular flexibility index (Phi) is 4.22. The molecule has 0 unspecified atom stereocenters. The van der Waals surface area contributed by atoms with Gasteiger partial charge in [0.15, 0.2) is 0 Å². The lowest BCUT2D eigenvalue weighted by Gasteiger charge is -2.05. The molecule has 0 aliphatic carbocycles. The minimum absolute atomic E-state index is 0.172. The Hall–Kier alpha value is -2.51. The number of benzene rings is 1. The van der Waals surface area contributed by atoms with E-state index in [1.807, 2.05) is 36.4 Å². The van der Waals surface area contributed by atoms with E-state index < -0.39 is 10.0 Å². The molecule has 0 saturated carbocycles. The molecule has 3 aromatic rings. The lowest BCUT2D eigenvalue weighted by Crippen LogP contribution is -2.23. The minimum Gasteiger partial charge on any atom is -0.264 e. The third kappa shape index (κ3) is 3.46. The SMILES string of the molecule is Cc1nn(-c2ccccc2)cc1S(=O)(=O)NCc1cccnc1. The maximum absolute atomic E-state index is 12.5. The number of nitrogens with zero attached hydrogens (tertiary/aromatic N) is 3. The number of aryl methyl sites for hydroxylation is 1. The van der Waals surface area contributed by atoms with Crippen molar-refractivity contribution in [3.63, 3.8) is 0 Å². The van der Waals surface area contributed by atoms with Crippen LogP contribution in [0.25, 0.3) is 5.69 Å². The van der Waals surface area contributed by atoms with Crippen molar-refractivity contribution in [3.8, 4) is 5.69 Å². The van der Waals surface area contributed by atoms with Gasteiger partial charge in [-0.3, -0.25) is 4.98 Å². The molecule has 2 heterocycles. The molecule has 0 fully saturated rings. The van der Waals surface area contributed by atoms with Crippen molar-refractivity contribution in [3.05, 3.63) is 72.3 Å². The molecule has 6 nitrogen and oxygen atoms in total. The van der Waals surface area contributed by atoms with Gasteiger partial charge in [0, 0.05) is 18.9 Å². The van der Waals surface area contributed by atoms with E-state index in [0.29, 0.717) is 5.69 Å². The van der Waals surface area contributed by atoms with E-state index in [-0.39, 0.29) is 11.4 Å². The minimum atomic E-state index is -3.64. The summed E-state index contributed by atoms with van der Waals surface area (Å²) in [6.45, 7) is 1.87. The highest BCUT2D eigenvalue weighted by molar-refractivity contribution is 7.89. The van der Waals surface area contributed by atoms with Crippen molar-refractivity contribution in [2.45, 2.75) is 18.4 Å². The summed E-state index contributed by atoms with van der Waals surface area (Å²) in [7, 11) is -3.64. The van der Waals surface area contributed by atoms with Crippen LogP contribution in [0, 0.1) is 6.92 Å². The summed E-state index contributed by atoms with van der Waals surface area (Å²) in [6.07, 6.45) is 4.80. The number of nitrogens with one attached hydrogen (secondary N) is 1. The second-order valence-electron chi connectivity index (χ2n) is 5.04. The quantitative estimate of drug-likeness (QED) is 0.778. The average molecular weight is 328 g/mol. The maximum Gasteiger partial charge on any atom is 0.244 e. The molecule has 0 aliphatic rings. The molecule has 7 heteroatoms. The Morgan fingerprint density at radius 1 is 1.13 bits per heavy atom. The molecule has 0 saturated heterocycles. The number of para-hydroxylation sites is 1. The fraction of sp³-hybridized carbons (Fsp3) is 0.125. The standard InChI is InChI=1S/C16H16N4O2S/c1-13-16(12-20(19-13)15-7-3-2-4-8-15)23(21,22)18-11-14-6-5-9-17-10-14/h2-10,12,18H,11H2,1H3. The van der Waals surface area contributed by atoms with Crippen LogP contribution in [0.5, 0.6) is 0 Å². The average Bonchev–Trinajstić information content (AvgIpc) is 2.98. The van der Waals surface area contributed by atoms with E-state index in [4.69, 9.17) is 0 Å². The van der Waals surface area contributed by atoms with E-state index in [1.54, 1.807) is 30.1 Å². The highest BCUT2D eigenvalue weighted by Gasteiger charge is 2.20. The lowest BCUT2D eigenvalue weighted by molar-refractivity contribution is 0.580. The van der Waals surface area contributed by atoms with Gasteiger partial charge in [-0.25, -0.2) is 17.8 Å². The summed E-state index contributed by atoms with van der Waals surface area (Å²) in [5.74, 6) is 0. The third-order valence-corrected chi connectivity index (χ3v) is 4.86. The van der Waals surface area contributed by atoms with Gasteiger partial charge in [-0.1, -0.05) is 24.3 Å². The summed E-state index contributed by atoms with van der Waals surface area (Å²) >= 11 is 0. The van der Waals surface area contributed by atoms with Gasteiger partial charge < -0.3 is 0 Å². The number of hydrogen-bond donors (Lipinski definition) is 1. The predicted molar refractivity (Wildman–Crippen MR) is 86.6 cm³/mol. The molecule has 1 aromatic carbocycles. The zero-order valence-corrected chi connectivity index (χ0v) is 13.4. The molecule has 2 aromatic heterocycles. The number of hydrogen-bond acceptors (Lipinski definition) is 4. The van der Waals surface area contributed by atoms with Crippen LogP contribution in [0.15, 0.2) is 66.0 Å². The lowest BCUT2D eigenvalue weighted by atomic mass is 10.3. The van der Waals surface area contributed by atoms with Crippen LogP contribution in [0.1, 0.15) is 11.3 Å². The summed E-state index contributed by atoms with van der Waals surface area (Å²) in [5, 5.41) is 4.29. The van der Waals surface area contributed by atoms with Gasteiger partial charge in [0.1, 0.15) is 4.90 Å². The molecule has 0 atom stereocenters. The Bertz CT molecular complexity index is 890. The van der Waals surface area contributed by atoms with E-state index in [1.165, 1.54) is 6.20 Å². The first kappa shape index (κ1) is 15.4.